The number of ether oxygens (including phenoxy) is 1. The van der Waals surface area contributed by atoms with E-state index in [0.29, 0.717) is 29.7 Å². The summed E-state index contributed by atoms with van der Waals surface area (Å²) in [6.45, 7) is 5.34. The van der Waals surface area contributed by atoms with Crippen molar-refractivity contribution in [2.75, 3.05) is 32.8 Å². The second-order valence-corrected chi connectivity index (χ2v) is 8.60. The fourth-order valence-electron chi connectivity index (χ4n) is 3.65. The highest BCUT2D eigenvalue weighted by atomic mass is 35.5. The normalized spacial score (nSPS) is 15.7. The molecule has 3 aromatic rings. The molecular formula is C23H24ClN3O2S. The van der Waals surface area contributed by atoms with Crippen molar-refractivity contribution < 1.29 is 9.53 Å². The first-order chi connectivity index (χ1) is 14.6. The van der Waals surface area contributed by atoms with Crippen LogP contribution < -0.4 is 5.32 Å². The Bertz CT molecular complexity index is 1000. The van der Waals surface area contributed by atoms with Gasteiger partial charge in [-0.3, -0.25) is 9.69 Å². The van der Waals surface area contributed by atoms with Crippen molar-refractivity contribution in [1.29, 1.82) is 0 Å². The van der Waals surface area contributed by atoms with Crippen LogP contribution >= 0.6 is 22.9 Å². The topological polar surface area (TPSA) is 54.5 Å². The number of morpholine rings is 1. The molecule has 0 radical (unpaired) electrons. The van der Waals surface area contributed by atoms with Gasteiger partial charge in [0.2, 0.25) is 0 Å². The molecule has 156 valence electrons. The van der Waals surface area contributed by atoms with E-state index in [-0.39, 0.29) is 11.9 Å². The quantitative estimate of drug-likeness (QED) is 0.608. The second-order valence-electron chi connectivity index (χ2n) is 7.20. The summed E-state index contributed by atoms with van der Waals surface area (Å²) in [6, 6.07) is 17.8. The number of benzene rings is 2. The molecule has 2 heterocycles. The molecule has 1 aromatic heterocycles. The lowest BCUT2D eigenvalue weighted by atomic mass is 10.0. The monoisotopic (exact) mass is 441 g/mol. The maximum atomic E-state index is 13.0. The fraction of sp³-hybridized carbons (Fsp3) is 0.304. The van der Waals surface area contributed by atoms with Crippen molar-refractivity contribution in [2.45, 2.75) is 13.0 Å². The van der Waals surface area contributed by atoms with Crippen molar-refractivity contribution in [3.05, 3.63) is 75.8 Å². The van der Waals surface area contributed by atoms with Crippen LogP contribution in [0.1, 0.15) is 27.0 Å². The Balaban J connectivity index is 1.52. The summed E-state index contributed by atoms with van der Waals surface area (Å²) < 4.78 is 5.50. The van der Waals surface area contributed by atoms with Crippen molar-refractivity contribution in [3.8, 4) is 10.6 Å². The predicted octanol–water partition coefficient (Wildman–Crippen LogP) is 4.58. The lowest BCUT2D eigenvalue weighted by molar-refractivity contribution is 0.0162. The molecule has 4 rings (SSSR count). The molecule has 1 aliphatic rings. The van der Waals surface area contributed by atoms with Gasteiger partial charge in [-0.15, -0.1) is 11.3 Å². The third-order valence-corrected chi connectivity index (χ3v) is 6.78. The average Bonchev–Trinajstić information content (AvgIpc) is 3.18. The molecule has 0 spiro atoms. The van der Waals surface area contributed by atoms with Crippen LogP contribution in [0.2, 0.25) is 5.02 Å². The van der Waals surface area contributed by atoms with E-state index < -0.39 is 0 Å². The van der Waals surface area contributed by atoms with E-state index in [1.54, 1.807) is 0 Å². The Morgan fingerprint density at radius 2 is 1.87 bits per heavy atom. The number of hydrogen-bond acceptors (Lipinski definition) is 5. The standard InChI is InChI=1S/C23H24ClN3O2S/c1-16-21(30-23(26-16)17-7-3-2-4-8-17)22(28)25-15-20(27-11-13-29-14-12-27)18-9-5-6-10-19(18)24/h2-10,20H,11-15H2,1H3,(H,25,28). The van der Waals surface area contributed by atoms with E-state index in [9.17, 15) is 4.79 Å². The number of thiazole rings is 1. The molecule has 5 nitrogen and oxygen atoms in total. The molecule has 0 bridgehead atoms. The number of nitrogens with zero attached hydrogens (tertiary/aromatic N) is 2. The highest BCUT2D eigenvalue weighted by Crippen LogP contribution is 2.30. The van der Waals surface area contributed by atoms with E-state index in [4.69, 9.17) is 16.3 Å². The third kappa shape index (κ3) is 4.73. The third-order valence-electron chi connectivity index (χ3n) is 5.23. The summed E-state index contributed by atoms with van der Waals surface area (Å²) in [7, 11) is 0. The van der Waals surface area contributed by atoms with Crippen LogP contribution in [0.15, 0.2) is 54.6 Å². The van der Waals surface area contributed by atoms with Crippen LogP contribution in [0.25, 0.3) is 10.6 Å². The Morgan fingerprint density at radius 1 is 1.17 bits per heavy atom. The van der Waals surface area contributed by atoms with Gasteiger partial charge < -0.3 is 10.1 Å². The summed E-state index contributed by atoms with van der Waals surface area (Å²) in [6.07, 6.45) is 0. The summed E-state index contributed by atoms with van der Waals surface area (Å²) >= 11 is 7.91. The lowest BCUT2D eigenvalue weighted by Gasteiger charge is -2.35. The van der Waals surface area contributed by atoms with Gasteiger partial charge in [0, 0.05) is 30.2 Å². The first kappa shape index (κ1) is 21.0. The highest BCUT2D eigenvalue weighted by Gasteiger charge is 2.26. The summed E-state index contributed by atoms with van der Waals surface area (Å²) in [5.41, 5.74) is 2.79. The molecular weight excluding hydrogens is 418 g/mol. The zero-order valence-corrected chi connectivity index (χ0v) is 18.4. The van der Waals surface area contributed by atoms with Crippen molar-refractivity contribution in [3.63, 3.8) is 0 Å². The Morgan fingerprint density at radius 3 is 2.60 bits per heavy atom. The number of carbonyl (C=O) groups is 1. The molecule has 1 aliphatic heterocycles. The summed E-state index contributed by atoms with van der Waals surface area (Å²) in [5.74, 6) is -0.0995. The Kier molecular flexibility index (Phi) is 6.79. The molecule has 2 aromatic carbocycles. The number of amides is 1. The van der Waals surface area contributed by atoms with Gasteiger partial charge in [-0.25, -0.2) is 4.98 Å². The van der Waals surface area contributed by atoms with Crippen LogP contribution in [-0.2, 0) is 4.74 Å². The molecule has 0 saturated carbocycles. The fourth-order valence-corrected chi connectivity index (χ4v) is 4.90. The Labute approximate surface area is 185 Å². The molecule has 1 atom stereocenters. The number of aryl methyl sites for hydroxylation is 1. The highest BCUT2D eigenvalue weighted by molar-refractivity contribution is 7.17. The van der Waals surface area contributed by atoms with Gasteiger partial charge in [0.05, 0.1) is 24.9 Å². The molecule has 0 aliphatic carbocycles. The number of carbonyl (C=O) groups excluding carboxylic acids is 1. The number of aromatic nitrogens is 1. The summed E-state index contributed by atoms with van der Waals surface area (Å²) in [4.78, 5) is 20.6. The number of nitrogens with one attached hydrogen (secondary N) is 1. The van der Waals surface area contributed by atoms with Crippen LogP contribution in [0.3, 0.4) is 0 Å². The predicted molar refractivity (Wildman–Crippen MR) is 121 cm³/mol. The van der Waals surface area contributed by atoms with Crippen molar-refractivity contribution >= 4 is 28.8 Å². The zero-order valence-electron chi connectivity index (χ0n) is 16.8. The SMILES string of the molecule is Cc1nc(-c2ccccc2)sc1C(=O)NCC(c1ccccc1Cl)N1CCOCC1. The van der Waals surface area contributed by atoms with Gasteiger partial charge in [0.1, 0.15) is 9.88 Å². The second kappa shape index (κ2) is 9.71. The molecule has 1 saturated heterocycles. The molecule has 7 heteroatoms. The van der Waals surface area contributed by atoms with Crippen LogP contribution in [-0.4, -0.2) is 48.6 Å². The van der Waals surface area contributed by atoms with Gasteiger partial charge in [-0.2, -0.15) is 0 Å². The van der Waals surface area contributed by atoms with Gasteiger partial charge in [0.15, 0.2) is 0 Å². The van der Waals surface area contributed by atoms with Gasteiger partial charge in [-0.1, -0.05) is 60.1 Å². The largest absolute Gasteiger partial charge is 0.379 e. The summed E-state index contributed by atoms with van der Waals surface area (Å²) in [5, 5.41) is 4.69. The number of hydrogen-bond donors (Lipinski definition) is 1. The minimum Gasteiger partial charge on any atom is -0.379 e. The van der Waals surface area contributed by atoms with Gasteiger partial charge in [0.25, 0.3) is 5.91 Å². The molecule has 30 heavy (non-hydrogen) atoms. The first-order valence-corrected chi connectivity index (χ1v) is 11.2. The van der Waals surface area contributed by atoms with Crippen LogP contribution in [0, 0.1) is 6.92 Å². The van der Waals surface area contributed by atoms with Crippen molar-refractivity contribution in [2.24, 2.45) is 0 Å². The van der Waals surface area contributed by atoms with E-state index in [1.165, 1.54) is 11.3 Å². The smallest absolute Gasteiger partial charge is 0.263 e. The molecule has 1 amide bonds. The van der Waals surface area contributed by atoms with Gasteiger partial charge >= 0.3 is 0 Å². The number of halogens is 1. The Hall–Kier alpha value is -2.25. The first-order valence-electron chi connectivity index (χ1n) is 10.0. The average molecular weight is 442 g/mol. The van der Waals surface area contributed by atoms with E-state index in [1.807, 2.05) is 61.5 Å². The van der Waals surface area contributed by atoms with Crippen molar-refractivity contribution in [1.82, 2.24) is 15.2 Å². The minimum atomic E-state index is -0.0995. The molecule has 1 fully saturated rings. The van der Waals surface area contributed by atoms with Crippen LogP contribution in [0.4, 0.5) is 0 Å². The van der Waals surface area contributed by atoms with E-state index >= 15 is 0 Å². The van der Waals surface area contributed by atoms with Gasteiger partial charge in [-0.05, 0) is 18.6 Å². The van der Waals surface area contributed by atoms with Crippen LogP contribution in [0.5, 0.6) is 0 Å². The molecule has 1 unspecified atom stereocenters. The zero-order chi connectivity index (χ0) is 20.9. The maximum Gasteiger partial charge on any atom is 0.263 e. The van der Waals surface area contributed by atoms with E-state index in [0.717, 1.165) is 34.9 Å². The lowest BCUT2D eigenvalue weighted by Crippen LogP contribution is -2.43. The minimum absolute atomic E-state index is 0.00614. The maximum absolute atomic E-state index is 13.0. The molecule has 1 N–H and O–H groups in total. The van der Waals surface area contributed by atoms with E-state index in [2.05, 4.69) is 15.2 Å². The number of rotatable bonds is 6.